The fourth-order valence-corrected chi connectivity index (χ4v) is 2.52. The lowest BCUT2D eigenvalue weighted by Gasteiger charge is -2.26. The van der Waals surface area contributed by atoms with Crippen molar-refractivity contribution in [2.75, 3.05) is 26.3 Å². The van der Waals surface area contributed by atoms with E-state index in [1.54, 1.807) is 6.20 Å². The van der Waals surface area contributed by atoms with Crippen LogP contribution in [0.4, 0.5) is 0 Å². The van der Waals surface area contributed by atoms with Gasteiger partial charge < -0.3 is 14.2 Å². The number of amides is 1. The Morgan fingerprint density at radius 1 is 1.42 bits per heavy atom. The van der Waals surface area contributed by atoms with Gasteiger partial charge in [-0.3, -0.25) is 4.79 Å². The zero-order valence-electron chi connectivity index (χ0n) is 11.0. The topological polar surface area (TPSA) is 47.4 Å². The fourth-order valence-electron chi connectivity index (χ4n) is 2.52. The Morgan fingerprint density at radius 2 is 2.21 bits per heavy atom. The van der Waals surface area contributed by atoms with Crippen molar-refractivity contribution < 1.29 is 9.53 Å². The number of carbonyl (C=O) groups excluding carboxylic acids is 1. The number of hydrogen-bond acceptors (Lipinski definition) is 3. The third-order valence-electron chi connectivity index (χ3n) is 3.52. The Bertz CT molecular complexity index is 600. The molecule has 0 bridgehead atoms. The summed E-state index contributed by atoms with van der Waals surface area (Å²) in [5, 5.41) is 1.06. The van der Waals surface area contributed by atoms with Crippen LogP contribution < -0.4 is 0 Å². The van der Waals surface area contributed by atoms with E-state index in [0.29, 0.717) is 32.7 Å². The number of rotatable bonds is 2. The molecule has 1 amide bonds. The number of ether oxygens (including phenoxy) is 1. The molecule has 1 aliphatic heterocycles. The van der Waals surface area contributed by atoms with Gasteiger partial charge in [0.15, 0.2) is 0 Å². The third-order valence-corrected chi connectivity index (χ3v) is 3.52. The number of morpholine rings is 1. The van der Waals surface area contributed by atoms with Gasteiger partial charge >= 0.3 is 0 Å². The average Bonchev–Trinajstić information content (AvgIpc) is 2.77. The van der Waals surface area contributed by atoms with Crippen molar-refractivity contribution in [2.45, 2.75) is 6.42 Å². The number of aryl methyl sites for hydroxylation is 1. The molecule has 1 aliphatic rings. The molecule has 2 aromatic heterocycles. The maximum Gasteiger partial charge on any atom is 0.227 e. The van der Waals surface area contributed by atoms with E-state index in [9.17, 15) is 4.79 Å². The summed E-state index contributed by atoms with van der Waals surface area (Å²) >= 11 is 0. The first-order valence-corrected chi connectivity index (χ1v) is 6.50. The van der Waals surface area contributed by atoms with Crippen LogP contribution in [0.3, 0.4) is 0 Å². The predicted octanol–water partition coefficient (Wildman–Crippen LogP) is 0.975. The van der Waals surface area contributed by atoms with Gasteiger partial charge in [0.1, 0.15) is 5.65 Å². The van der Waals surface area contributed by atoms with Gasteiger partial charge in [0.2, 0.25) is 5.91 Å². The van der Waals surface area contributed by atoms with Crippen LogP contribution in [0.1, 0.15) is 5.56 Å². The highest BCUT2D eigenvalue weighted by Gasteiger charge is 2.19. The predicted molar refractivity (Wildman–Crippen MR) is 71.8 cm³/mol. The van der Waals surface area contributed by atoms with Crippen molar-refractivity contribution in [1.82, 2.24) is 14.5 Å². The summed E-state index contributed by atoms with van der Waals surface area (Å²) in [5.74, 6) is 0.166. The van der Waals surface area contributed by atoms with Gasteiger partial charge in [-0.15, -0.1) is 0 Å². The molecule has 1 fully saturated rings. The molecule has 100 valence electrons. The molecule has 0 aromatic carbocycles. The van der Waals surface area contributed by atoms with E-state index in [1.807, 2.05) is 34.8 Å². The van der Waals surface area contributed by atoms with Crippen LogP contribution in [-0.4, -0.2) is 46.7 Å². The van der Waals surface area contributed by atoms with Gasteiger partial charge in [0.25, 0.3) is 0 Å². The van der Waals surface area contributed by atoms with E-state index in [2.05, 4.69) is 4.98 Å². The second kappa shape index (κ2) is 5.01. The lowest BCUT2D eigenvalue weighted by molar-refractivity contribution is -0.134. The molecule has 1 saturated heterocycles. The first kappa shape index (κ1) is 12.2. The van der Waals surface area contributed by atoms with Crippen molar-refractivity contribution in [3.63, 3.8) is 0 Å². The van der Waals surface area contributed by atoms with Gasteiger partial charge in [-0.1, -0.05) is 0 Å². The summed E-state index contributed by atoms with van der Waals surface area (Å²) in [4.78, 5) is 18.5. The second-order valence-corrected chi connectivity index (χ2v) is 4.81. The zero-order chi connectivity index (χ0) is 13.2. The van der Waals surface area contributed by atoms with Crippen LogP contribution >= 0.6 is 0 Å². The minimum Gasteiger partial charge on any atom is -0.378 e. The number of aromatic nitrogens is 2. The summed E-state index contributed by atoms with van der Waals surface area (Å²) in [5.41, 5.74) is 1.97. The molecular weight excluding hydrogens is 242 g/mol. The molecule has 0 N–H and O–H groups in total. The molecule has 19 heavy (non-hydrogen) atoms. The number of pyridine rings is 1. The van der Waals surface area contributed by atoms with Crippen LogP contribution in [-0.2, 0) is 23.0 Å². The first-order valence-electron chi connectivity index (χ1n) is 6.50. The van der Waals surface area contributed by atoms with Crippen LogP contribution in [0, 0.1) is 0 Å². The van der Waals surface area contributed by atoms with Gasteiger partial charge in [-0.05, 0) is 17.7 Å². The van der Waals surface area contributed by atoms with Crippen molar-refractivity contribution in [1.29, 1.82) is 0 Å². The summed E-state index contributed by atoms with van der Waals surface area (Å²) < 4.78 is 7.24. The van der Waals surface area contributed by atoms with E-state index in [-0.39, 0.29) is 5.91 Å². The maximum atomic E-state index is 12.3. The molecule has 0 unspecified atom stereocenters. The van der Waals surface area contributed by atoms with E-state index >= 15 is 0 Å². The fraction of sp³-hybridized carbons (Fsp3) is 0.429. The summed E-state index contributed by atoms with van der Waals surface area (Å²) in [6, 6.07) is 3.93. The van der Waals surface area contributed by atoms with Crippen LogP contribution in [0.15, 0.2) is 24.5 Å². The summed E-state index contributed by atoms with van der Waals surface area (Å²) in [6.07, 6.45) is 4.20. The first-order chi connectivity index (χ1) is 9.25. The van der Waals surface area contributed by atoms with Crippen molar-refractivity contribution in [2.24, 2.45) is 7.05 Å². The molecule has 3 rings (SSSR count). The number of hydrogen-bond donors (Lipinski definition) is 0. The lowest BCUT2D eigenvalue weighted by atomic mass is 10.1. The molecule has 2 aromatic rings. The van der Waals surface area contributed by atoms with E-state index in [0.717, 1.165) is 16.6 Å². The Labute approximate surface area is 111 Å². The summed E-state index contributed by atoms with van der Waals surface area (Å²) in [6.45, 7) is 2.68. The van der Waals surface area contributed by atoms with Crippen molar-refractivity contribution in [3.8, 4) is 0 Å². The molecular formula is C14H17N3O2. The molecule has 0 spiro atoms. The van der Waals surface area contributed by atoms with Gasteiger partial charge in [0.05, 0.1) is 19.6 Å². The molecule has 0 atom stereocenters. The molecule has 0 saturated carbocycles. The third kappa shape index (κ3) is 2.33. The summed E-state index contributed by atoms with van der Waals surface area (Å²) in [7, 11) is 1.96. The monoisotopic (exact) mass is 259 g/mol. The van der Waals surface area contributed by atoms with Gasteiger partial charge in [-0.25, -0.2) is 4.98 Å². The number of carbonyl (C=O) groups is 1. The molecule has 5 nitrogen and oxygen atoms in total. The van der Waals surface area contributed by atoms with Crippen LogP contribution in [0.2, 0.25) is 0 Å². The molecule has 0 aliphatic carbocycles. The Morgan fingerprint density at radius 3 is 3.00 bits per heavy atom. The van der Waals surface area contributed by atoms with E-state index < -0.39 is 0 Å². The van der Waals surface area contributed by atoms with Gasteiger partial charge in [0, 0.05) is 37.9 Å². The Hall–Kier alpha value is -1.88. The minimum absolute atomic E-state index is 0.166. The standard InChI is InChI=1S/C14H17N3O2/c1-16-10-11(12-3-2-4-15-14(12)16)9-13(18)17-5-7-19-8-6-17/h2-4,10H,5-9H2,1H3. The average molecular weight is 259 g/mol. The minimum atomic E-state index is 0.166. The Balaban J connectivity index is 1.83. The molecule has 5 heteroatoms. The highest BCUT2D eigenvalue weighted by atomic mass is 16.5. The SMILES string of the molecule is Cn1cc(CC(=O)N2CCOCC2)c2cccnc21. The van der Waals surface area contributed by atoms with Gasteiger partial charge in [-0.2, -0.15) is 0 Å². The van der Waals surface area contributed by atoms with E-state index in [4.69, 9.17) is 4.74 Å². The molecule has 0 radical (unpaired) electrons. The maximum absolute atomic E-state index is 12.3. The second-order valence-electron chi connectivity index (χ2n) is 4.81. The highest BCUT2D eigenvalue weighted by molar-refractivity contribution is 5.87. The largest absolute Gasteiger partial charge is 0.378 e. The quantitative estimate of drug-likeness (QED) is 0.807. The Kier molecular flexibility index (Phi) is 3.21. The van der Waals surface area contributed by atoms with Crippen LogP contribution in [0.5, 0.6) is 0 Å². The number of nitrogens with zero attached hydrogens (tertiary/aromatic N) is 3. The lowest BCUT2D eigenvalue weighted by Crippen LogP contribution is -2.41. The smallest absolute Gasteiger partial charge is 0.227 e. The molecule has 3 heterocycles. The highest BCUT2D eigenvalue weighted by Crippen LogP contribution is 2.19. The van der Waals surface area contributed by atoms with E-state index in [1.165, 1.54) is 0 Å². The number of fused-ring (bicyclic) bond motifs is 1. The zero-order valence-corrected chi connectivity index (χ0v) is 11.0. The normalized spacial score (nSPS) is 15.9. The van der Waals surface area contributed by atoms with Crippen molar-refractivity contribution >= 4 is 16.9 Å². The van der Waals surface area contributed by atoms with Crippen LogP contribution in [0.25, 0.3) is 11.0 Å². The van der Waals surface area contributed by atoms with Crippen molar-refractivity contribution in [3.05, 3.63) is 30.1 Å².